The molecule has 1 amide bonds. The Morgan fingerprint density at radius 3 is 2.62 bits per heavy atom. The molecule has 1 fully saturated rings. The second-order valence-corrected chi connectivity index (χ2v) is 7.23. The smallest absolute Gasteiger partial charge is 0.255 e. The van der Waals surface area contributed by atoms with Gasteiger partial charge in [-0.25, -0.2) is 0 Å². The highest BCUT2D eigenvalue weighted by Gasteiger charge is 2.18. The van der Waals surface area contributed by atoms with Gasteiger partial charge in [-0.1, -0.05) is 6.07 Å². The van der Waals surface area contributed by atoms with Gasteiger partial charge >= 0.3 is 0 Å². The molecule has 0 aromatic heterocycles. The maximum Gasteiger partial charge on any atom is 0.255 e. The Kier molecular flexibility index (Phi) is 5.82. The molecule has 2 aromatic carbocycles. The van der Waals surface area contributed by atoms with E-state index in [0.29, 0.717) is 17.4 Å². The largest absolute Gasteiger partial charge is 0.491 e. The van der Waals surface area contributed by atoms with Crippen molar-refractivity contribution in [3.05, 3.63) is 54.1 Å². The maximum atomic E-state index is 12.5. The molecule has 1 aliphatic rings. The Labute approximate surface area is 156 Å². The highest BCUT2D eigenvalue weighted by atomic mass is 16.5. The van der Waals surface area contributed by atoms with E-state index >= 15 is 0 Å². The molecule has 0 saturated carbocycles. The third kappa shape index (κ3) is 4.57. The van der Waals surface area contributed by atoms with Crippen LogP contribution in [0.3, 0.4) is 0 Å². The standard InChI is InChI=1S/C22H28N2O2/c1-16(2)26-21-9-6-8-18(15-21)22(25)23-19-10-12-20(13-11-19)24-14-5-4-7-17(24)3/h6,8-13,15-17H,4-5,7,14H2,1-3H3,(H,23,25). The minimum atomic E-state index is -0.127. The van der Waals surface area contributed by atoms with Crippen LogP contribution in [-0.2, 0) is 0 Å². The lowest BCUT2D eigenvalue weighted by atomic mass is 10.0. The predicted molar refractivity (Wildman–Crippen MR) is 107 cm³/mol. The second-order valence-electron chi connectivity index (χ2n) is 7.23. The molecular weight excluding hydrogens is 324 g/mol. The summed E-state index contributed by atoms with van der Waals surface area (Å²) >= 11 is 0. The first-order chi connectivity index (χ1) is 12.5. The first-order valence-corrected chi connectivity index (χ1v) is 9.48. The lowest BCUT2D eigenvalue weighted by Crippen LogP contribution is -2.37. The average Bonchev–Trinajstić information content (AvgIpc) is 2.62. The zero-order valence-corrected chi connectivity index (χ0v) is 15.9. The Hall–Kier alpha value is -2.49. The SMILES string of the molecule is CC(C)Oc1cccc(C(=O)Nc2ccc(N3CCCCC3C)cc2)c1. The Morgan fingerprint density at radius 2 is 1.92 bits per heavy atom. The monoisotopic (exact) mass is 352 g/mol. The molecule has 0 bridgehead atoms. The molecule has 26 heavy (non-hydrogen) atoms. The predicted octanol–water partition coefficient (Wildman–Crippen LogP) is 5.10. The Bertz CT molecular complexity index is 740. The van der Waals surface area contributed by atoms with Gasteiger partial charge in [0, 0.05) is 29.5 Å². The van der Waals surface area contributed by atoms with E-state index in [2.05, 4.69) is 29.3 Å². The zero-order valence-electron chi connectivity index (χ0n) is 15.9. The zero-order chi connectivity index (χ0) is 18.5. The number of carbonyl (C=O) groups excluding carboxylic acids is 1. The number of amides is 1. The molecule has 0 spiro atoms. The summed E-state index contributed by atoms with van der Waals surface area (Å²) in [5.74, 6) is 0.584. The Morgan fingerprint density at radius 1 is 1.15 bits per heavy atom. The van der Waals surface area contributed by atoms with Crippen LogP contribution < -0.4 is 15.0 Å². The fraction of sp³-hybridized carbons (Fsp3) is 0.409. The molecule has 1 heterocycles. The van der Waals surface area contributed by atoms with Gasteiger partial charge in [-0.15, -0.1) is 0 Å². The summed E-state index contributed by atoms with van der Waals surface area (Å²) < 4.78 is 5.66. The van der Waals surface area contributed by atoms with Gasteiger partial charge in [-0.2, -0.15) is 0 Å². The summed E-state index contributed by atoms with van der Waals surface area (Å²) in [5, 5.41) is 2.97. The number of anilines is 2. The summed E-state index contributed by atoms with van der Waals surface area (Å²) in [7, 11) is 0. The van der Waals surface area contributed by atoms with Crippen LogP contribution in [0.1, 0.15) is 50.4 Å². The molecular formula is C22H28N2O2. The molecule has 4 heteroatoms. The van der Waals surface area contributed by atoms with E-state index < -0.39 is 0 Å². The van der Waals surface area contributed by atoms with Gasteiger partial charge in [0.25, 0.3) is 5.91 Å². The van der Waals surface area contributed by atoms with Crippen LogP contribution in [0.5, 0.6) is 5.75 Å². The summed E-state index contributed by atoms with van der Waals surface area (Å²) in [5.41, 5.74) is 2.62. The van der Waals surface area contributed by atoms with Crippen LogP contribution in [-0.4, -0.2) is 24.6 Å². The van der Waals surface area contributed by atoms with E-state index in [9.17, 15) is 4.79 Å². The first-order valence-electron chi connectivity index (χ1n) is 9.48. The fourth-order valence-corrected chi connectivity index (χ4v) is 3.40. The van der Waals surface area contributed by atoms with E-state index in [0.717, 1.165) is 12.2 Å². The van der Waals surface area contributed by atoms with E-state index in [1.54, 1.807) is 12.1 Å². The Balaban J connectivity index is 1.66. The van der Waals surface area contributed by atoms with E-state index in [1.807, 2.05) is 38.1 Å². The van der Waals surface area contributed by atoms with Crippen LogP contribution in [0.2, 0.25) is 0 Å². The molecule has 1 saturated heterocycles. The molecule has 1 atom stereocenters. The van der Waals surface area contributed by atoms with Gasteiger partial charge in [-0.3, -0.25) is 4.79 Å². The molecule has 0 aliphatic carbocycles. The van der Waals surface area contributed by atoms with Gasteiger partial charge in [0.15, 0.2) is 0 Å². The lowest BCUT2D eigenvalue weighted by molar-refractivity contribution is 0.102. The van der Waals surface area contributed by atoms with Crippen molar-refractivity contribution in [3.63, 3.8) is 0 Å². The minimum Gasteiger partial charge on any atom is -0.491 e. The number of hydrogen-bond acceptors (Lipinski definition) is 3. The number of nitrogens with zero attached hydrogens (tertiary/aromatic N) is 1. The van der Waals surface area contributed by atoms with Crippen LogP contribution in [0.15, 0.2) is 48.5 Å². The molecule has 138 valence electrons. The average molecular weight is 352 g/mol. The van der Waals surface area contributed by atoms with E-state index in [1.165, 1.54) is 24.9 Å². The van der Waals surface area contributed by atoms with Crippen molar-refractivity contribution in [1.82, 2.24) is 0 Å². The van der Waals surface area contributed by atoms with Gasteiger partial charge in [0.05, 0.1) is 6.10 Å². The van der Waals surface area contributed by atoms with Crippen LogP contribution in [0.4, 0.5) is 11.4 Å². The molecule has 1 aliphatic heterocycles. The summed E-state index contributed by atoms with van der Waals surface area (Å²) in [6.07, 6.45) is 3.88. The van der Waals surface area contributed by atoms with Crippen molar-refractivity contribution in [2.45, 2.75) is 52.2 Å². The number of ether oxygens (including phenoxy) is 1. The highest BCUT2D eigenvalue weighted by molar-refractivity contribution is 6.04. The van der Waals surface area contributed by atoms with Gasteiger partial charge in [-0.05, 0) is 82.5 Å². The maximum absolute atomic E-state index is 12.5. The van der Waals surface area contributed by atoms with E-state index in [4.69, 9.17) is 4.74 Å². The lowest BCUT2D eigenvalue weighted by Gasteiger charge is -2.35. The quantitative estimate of drug-likeness (QED) is 0.813. The summed E-state index contributed by atoms with van der Waals surface area (Å²) in [6.45, 7) is 7.32. The molecule has 1 unspecified atom stereocenters. The summed E-state index contributed by atoms with van der Waals surface area (Å²) in [4.78, 5) is 15.0. The number of carbonyl (C=O) groups is 1. The number of hydrogen-bond donors (Lipinski definition) is 1. The van der Waals surface area contributed by atoms with Gasteiger partial charge in [0.1, 0.15) is 5.75 Å². The molecule has 1 N–H and O–H groups in total. The van der Waals surface area contributed by atoms with Gasteiger partial charge in [0.2, 0.25) is 0 Å². The van der Waals surface area contributed by atoms with Crippen LogP contribution in [0, 0.1) is 0 Å². The van der Waals surface area contributed by atoms with Crippen molar-refractivity contribution in [2.75, 3.05) is 16.8 Å². The van der Waals surface area contributed by atoms with Crippen LogP contribution in [0.25, 0.3) is 0 Å². The fourth-order valence-electron chi connectivity index (χ4n) is 3.40. The molecule has 2 aromatic rings. The number of rotatable bonds is 5. The third-order valence-corrected chi connectivity index (χ3v) is 4.73. The highest BCUT2D eigenvalue weighted by Crippen LogP contribution is 2.26. The normalized spacial score (nSPS) is 17.2. The van der Waals surface area contributed by atoms with Crippen molar-refractivity contribution < 1.29 is 9.53 Å². The topological polar surface area (TPSA) is 41.6 Å². The van der Waals surface area contributed by atoms with Crippen molar-refractivity contribution >= 4 is 17.3 Å². The molecule has 3 rings (SSSR count). The number of nitrogens with one attached hydrogen (secondary N) is 1. The van der Waals surface area contributed by atoms with Crippen molar-refractivity contribution in [3.8, 4) is 5.75 Å². The van der Waals surface area contributed by atoms with E-state index in [-0.39, 0.29) is 12.0 Å². The van der Waals surface area contributed by atoms with Crippen molar-refractivity contribution in [1.29, 1.82) is 0 Å². The van der Waals surface area contributed by atoms with Gasteiger partial charge < -0.3 is 15.0 Å². The second kappa shape index (κ2) is 8.26. The van der Waals surface area contributed by atoms with Crippen molar-refractivity contribution in [2.24, 2.45) is 0 Å². The molecule has 4 nitrogen and oxygen atoms in total. The summed E-state index contributed by atoms with van der Waals surface area (Å²) in [6, 6.07) is 16.0. The molecule has 0 radical (unpaired) electrons. The van der Waals surface area contributed by atoms with Crippen LogP contribution >= 0.6 is 0 Å². The third-order valence-electron chi connectivity index (χ3n) is 4.73. The number of piperidine rings is 1. The first kappa shape index (κ1) is 18.3. The number of benzene rings is 2. The minimum absolute atomic E-state index is 0.0815.